The summed E-state index contributed by atoms with van der Waals surface area (Å²) < 4.78 is 25.5. The first-order chi connectivity index (χ1) is 11.6. The van der Waals surface area contributed by atoms with E-state index in [0.29, 0.717) is 6.54 Å². The molecule has 0 radical (unpaired) electrons. The highest BCUT2D eigenvalue weighted by Crippen LogP contribution is 2.19. The zero-order valence-corrected chi connectivity index (χ0v) is 20.3. The van der Waals surface area contributed by atoms with Gasteiger partial charge in [0.1, 0.15) is 0 Å². The van der Waals surface area contributed by atoms with Gasteiger partial charge in [0.05, 0.1) is 11.4 Å². The van der Waals surface area contributed by atoms with Gasteiger partial charge < -0.3 is 10.6 Å². The zero-order valence-electron chi connectivity index (χ0n) is 16.4. The molecule has 0 aromatic heterocycles. The van der Waals surface area contributed by atoms with Crippen molar-refractivity contribution in [2.45, 2.75) is 37.0 Å². The lowest BCUT2D eigenvalue weighted by atomic mass is 10.2. The summed E-state index contributed by atoms with van der Waals surface area (Å²) in [6.07, 6.45) is 2.09. The first kappa shape index (κ1) is 25.5. The van der Waals surface area contributed by atoms with E-state index >= 15 is 0 Å². The molecule has 0 heterocycles. The van der Waals surface area contributed by atoms with E-state index in [1.54, 1.807) is 36.0 Å². The number of hydrogen-bond acceptors (Lipinski definition) is 4. The molecule has 0 amide bonds. The van der Waals surface area contributed by atoms with Crippen LogP contribution in [0.5, 0.6) is 0 Å². The number of hydrogen-bond donors (Lipinski definition) is 2. The van der Waals surface area contributed by atoms with E-state index in [4.69, 9.17) is 0 Å². The number of sulfonamides is 1. The smallest absolute Gasteiger partial charge is 0.242 e. The summed E-state index contributed by atoms with van der Waals surface area (Å²) in [6, 6.07) is 6.85. The fraction of sp³-hybridized carbons (Fsp3) is 0.588. The van der Waals surface area contributed by atoms with Crippen LogP contribution in [0.1, 0.15) is 26.3 Å². The molecule has 0 fully saturated rings. The Morgan fingerprint density at radius 2 is 1.77 bits per heavy atom. The number of benzene rings is 1. The second kappa shape index (κ2) is 11.4. The maximum Gasteiger partial charge on any atom is 0.242 e. The molecule has 0 saturated carbocycles. The van der Waals surface area contributed by atoms with Crippen molar-refractivity contribution in [1.82, 2.24) is 14.9 Å². The van der Waals surface area contributed by atoms with Gasteiger partial charge in [-0.2, -0.15) is 11.8 Å². The molecule has 0 atom stereocenters. The van der Waals surface area contributed by atoms with Gasteiger partial charge in [-0.05, 0) is 44.7 Å². The van der Waals surface area contributed by atoms with Crippen molar-refractivity contribution >= 4 is 51.7 Å². The molecule has 0 aliphatic rings. The lowest BCUT2D eigenvalue weighted by molar-refractivity contribution is 0.520. The van der Waals surface area contributed by atoms with Crippen molar-refractivity contribution in [3.8, 4) is 0 Å². The quantitative estimate of drug-likeness (QED) is 0.317. The molecule has 1 aromatic rings. The Morgan fingerprint density at radius 1 is 1.19 bits per heavy atom. The summed E-state index contributed by atoms with van der Waals surface area (Å²) in [7, 11) is -0.339. The first-order valence-electron chi connectivity index (χ1n) is 8.21. The molecule has 26 heavy (non-hydrogen) atoms. The molecule has 150 valence electrons. The first-order valence-corrected chi connectivity index (χ1v) is 10.9. The van der Waals surface area contributed by atoms with Crippen LogP contribution in [0.2, 0.25) is 0 Å². The lowest BCUT2D eigenvalue weighted by Crippen LogP contribution is -2.43. The van der Waals surface area contributed by atoms with Crippen molar-refractivity contribution in [2.75, 3.05) is 33.4 Å². The SMILES string of the molecule is CCNC(=NCc1ccc(S(=O)(=O)N(C)C)cc1)NCC(C)(C)SC.I. The average molecular weight is 514 g/mol. The minimum absolute atomic E-state index is 0. The van der Waals surface area contributed by atoms with E-state index in [-0.39, 0.29) is 33.6 Å². The number of aliphatic imine (C=N–C) groups is 1. The summed E-state index contributed by atoms with van der Waals surface area (Å²) in [5.41, 5.74) is 0.957. The molecule has 2 N–H and O–H groups in total. The van der Waals surface area contributed by atoms with Crippen LogP contribution in [0.3, 0.4) is 0 Å². The number of halogens is 1. The Labute approximate surface area is 179 Å². The molecule has 1 rings (SSSR count). The summed E-state index contributed by atoms with van der Waals surface area (Å²) in [6.45, 7) is 8.46. The maximum atomic E-state index is 12.1. The second-order valence-corrected chi connectivity index (χ2v) is 10.1. The summed E-state index contributed by atoms with van der Waals surface area (Å²) in [5, 5.41) is 6.58. The summed E-state index contributed by atoms with van der Waals surface area (Å²) in [4.78, 5) is 4.86. The highest BCUT2D eigenvalue weighted by Gasteiger charge is 2.17. The van der Waals surface area contributed by atoms with Gasteiger partial charge in [-0.15, -0.1) is 24.0 Å². The molecule has 1 aromatic carbocycles. The van der Waals surface area contributed by atoms with Gasteiger partial charge in [-0.3, -0.25) is 0 Å². The number of nitrogens with one attached hydrogen (secondary N) is 2. The molecule has 0 unspecified atom stereocenters. The van der Waals surface area contributed by atoms with Crippen LogP contribution in [-0.2, 0) is 16.6 Å². The fourth-order valence-corrected chi connectivity index (χ4v) is 2.98. The molecular formula is C17H31IN4O2S2. The summed E-state index contributed by atoms with van der Waals surface area (Å²) in [5.74, 6) is 0.759. The minimum Gasteiger partial charge on any atom is -0.357 e. The highest BCUT2D eigenvalue weighted by molar-refractivity contribution is 14.0. The van der Waals surface area contributed by atoms with Gasteiger partial charge in [0, 0.05) is 31.9 Å². The maximum absolute atomic E-state index is 12.1. The Morgan fingerprint density at radius 3 is 2.23 bits per heavy atom. The largest absolute Gasteiger partial charge is 0.357 e. The zero-order chi connectivity index (χ0) is 19.1. The van der Waals surface area contributed by atoms with Crippen molar-refractivity contribution in [3.63, 3.8) is 0 Å². The number of rotatable bonds is 8. The monoisotopic (exact) mass is 514 g/mol. The lowest BCUT2D eigenvalue weighted by Gasteiger charge is -2.23. The van der Waals surface area contributed by atoms with E-state index in [1.165, 1.54) is 18.4 Å². The van der Waals surface area contributed by atoms with Gasteiger partial charge in [0.15, 0.2) is 5.96 Å². The van der Waals surface area contributed by atoms with Crippen molar-refractivity contribution in [2.24, 2.45) is 4.99 Å². The molecule has 0 bridgehead atoms. The van der Waals surface area contributed by atoms with Crippen LogP contribution in [0.15, 0.2) is 34.2 Å². The van der Waals surface area contributed by atoms with Crippen LogP contribution in [-0.4, -0.2) is 56.9 Å². The van der Waals surface area contributed by atoms with Gasteiger partial charge >= 0.3 is 0 Å². The summed E-state index contributed by atoms with van der Waals surface area (Å²) >= 11 is 1.80. The van der Waals surface area contributed by atoms with Crippen molar-refractivity contribution in [1.29, 1.82) is 0 Å². The third-order valence-electron chi connectivity index (χ3n) is 3.70. The molecular weight excluding hydrogens is 483 g/mol. The third kappa shape index (κ3) is 8.01. The van der Waals surface area contributed by atoms with E-state index < -0.39 is 10.0 Å². The van der Waals surface area contributed by atoms with Crippen LogP contribution >= 0.6 is 35.7 Å². The minimum atomic E-state index is -3.39. The topological polar surface area (TPSA) is 73.8 Å². The van der Waals surface area contributed by atoms with Gasteiger partial charge in [-0.25, -0.2) is 17.7 Å². The molecule has 6 nitrogen and oxygen atoms in total. The van der Waals surface area contributed by atoms with Crippen LogP contribution in [0.4, 0.5) is 0 Å². The molecule has 0 saturated heterocycles. The molecule has 0 aliphatic carbocycles. The normalized spacial score (nSPS) is 12.7. The highest BCUT2D eigenvalue weighted by atomic mass is 127. The van der Waals surface area contributed by atoms with Gasteiger partial charge in [-0.1, -0.05) is 12.1 Å². The Bertz CT molecular complexity index is 675. The van der Waals surface area contributed by atoms with E-state index in [2.05, 4.69) is 35.7 Å². The average Bonchev–Trinajstić information content (AvgIpc) is 2.57. The van der Waals surface area contributed by atoms with Crippen LogP contribution in [0, 0.1) is 0 Å². The van der Waals surface area contributed by atoms with Gasteiger partial charge in [0.25, 0.3) is 0 Å². The third-order valence-corrected chi connectivity index (χ3v) is 6.78. The van der Waals surface area contributed by atoms with E-state index in [0.717, 1.165) is 24.6 Å². The fourth-order valence-electron chi connectivity index (χ4n) is 1.86. The van der Waals surface area contributed by atoms with E-state index in [1.807, 2.05) is 6.92 Å². The van der Waals surface area contributed by atoms with Crippen LogP contribution in [0.25, 0.3) is 0 Å². The Kier molecular flexibility index (Phi) is 11.1. The predicted molar refractivity (Wildman–Crippen MR) is 123 cm³/mol. The standard InChI is InChI=1S/C17H30N4O2S2.HI/c1-7-18-16(20-13-17(2,3)24-6)19-12-14-8-10-15(11-9-14)25(22,23)21(4)5;/h8-11H,7,12-13H2,1-6H3,(H2,18,19,20);1H. The number of thioether (sulfide) groups is 1. The molecule has 9 heteroatoms. The van der Waals surface area contributed by atoms with Crippen LogP contribution < -0.4 is 10.6 Å². The van der Waals surface area contributed by atoms with Crippen molar-refractivity contribution in [3.05, 3.63) is 29.8 Å². The predicted octanol–water partition coefficient (Wildman–Crippen LogP) is 2.75. The number of nitrogens with zero attached hydrogens (tertiary/aromatic N) is 2. The Balaban J connectivity index is 0.00000625. The molecule has 0 aliphatic heterocycles. The number of guanidine groups is 1. The second-order valence-electron chi connectivity index (χ2n) is 6.44. The molecule has 0 spiro atoms. The Hall–Kier alpha value is -0.520. The van der Waals surface area contributed by atoms with Gasteiger partial charge in [0.2, 0.25) is 10.0 Å². The van der Waals surface area contributed by atoms with Crippen molar-refractivity contribution < 1.29 is 8.42 Å². The van der Waals surface area contributed by atoms with E-state index in [9.17, 15) is 8.42 Å².